The van der Waals surface area contributed by atoms with E-state index in [1.165, 1.54) is 22.5 Å². The summed E-state index contributed by atoms with van der Waals surface area (Å²) in [6.45, 7) is 0. The molecule has 0 saturated heterocycles. The van der Waals surface area contributed by atoms with Crippen LogP contribution in [0.15, 0.2) is 54.6 Å². The van der Waals surface area contributed by atoms with E-state index in [9.17, 15) is 4.79 Å². The average molecular weight is 335 g/mol. The number of thiophene rings is 1. The van der Waals surface area contributed by atoms with Gasteiger partial charge in [0.1, 0.15) is 5.82 Å². The zero-order valence-electron chi connectivity index (χ0n) is 13.0. The van der Waals surface area contributed by atoms with Crippen LogP contribution < -0.4 is 11.1 Å². The molecule has 1 atom stereocenters. The van der Waals surface area contributed by atoms with Gasteiger partial charge in [0.05, 0.1) is 21.5 Å². The lowest BCUT2D eigenvalue weighted by molar-refractivity contribution is 0.0941. The van der Waals surface area contributed by atoms with E-state index in [1.807, 2.05) is 36.4 Å². The second-order valence-electron chi connectivity index (χ2n) is 5.88. The van der Waals surface area contributed by atoms with Crippen molar-refractivity contribution in [1.82, 2.24) is 10.3 Å². The van der Waals surface area contributed by atoms with Gasteiger partial charge in [-0.25, -0.2) is 4.98 Å². The van der Waals surface area contributed by atoms with Crippen molar-refractivity contribution in [3.63, 3.8) is 0 Å². The Morgan fingerprint density at radius 2 is 2.00 bits per heavy atom. The van der Waals surface area contributed by atoms with Crippen molar-refractivity contribution in [3.8, 4) is 10.6 Å². The van der Waals surface area contributed by atoms with Gasteiger partial charge in [-0.1, -0.05) is 30.3 Å². The summed E-state index contributed by atoms with van der Waals surface area (Å²) in [5.41, 5.74) is 9.10. The number of hydrogen-bond acceptors (Lipinski definition) is 4. The normalized spacial score (nSPS) is 15.9. The lowest BCUT2D eigenvalue weighted by Crippen LogP contribution is -2.26. The highest BCUT2D eigenvalue weighted by Crippen LogP contribution is 2.32. The number of aromatic nitrogens is 1. The summed E-state index contributed by atoms with van der Waals surface area (Å²) in [7, 11) is 0. The summed E-state index contributed by atoms with van der Waals surface area (Å²) in [5.74, 6) is 0.450. The molecule has 120 valence electrons. The van der Waals surface area contributed by atoms with Gasteiger partial charge in [0, 0.05) is 0 Å². The van der Waals surface area contributed by atoms with Crippen molar-refractivity contribution >= 4 is 23.1 Å². The molecule has 0 bridgehead atoms. The standard InChI is InChI=1S/C19H17N3OS/c20-18-7-3-6-15(21-18)16-10-11-17(24-16)19(23)22-14-9-8-12-4-1-2-5-13(12)14/h1-7,10-11,14H,8-9H2,(H2,20,21)(H,22,23). The van der Waals surface area contributed by atoms with Gasteiger partial charge in [-0.3, -0.25) is 4.79 Å². The van der Waals surface area contributed by atoms with E-state index in [0.717, 1.165) is 23.4 Å². The Morgan fingerprint density at radius 1 is 1.12 bits per heavy atom. The van der Waals surface area contributed by atoms with Crippen LogP contribution in [0.4, 0.5) is 5.82 Å². The van der Waals surface area contributed by atoms with Gasteiger partial charge in [0.25, 0.3) is 5.91 Å². The van der Waals surface area contributed by atoms with Crippen LogP contribution >= 0.6 is 11.3 Å². The first-order valence-corrected chi connectivity index (χ1v) is 8.74. The first-order chi connectivity index (χ1) is 11.7. The fourth-order valence-corrected chi connectivity index (χ4v) is 4.00. The lowest BCUT2D eigenvalue weighted by Gasteiger charge is -2.13. The van der Waals surface area contributed by atoms with Crippen LogP contribution in [0.2, 0.25) is 0 Å². The third-order valence-corrected chi connectivity index (χ3v) is 5.40. The molecule has 0 saturated carbocycles. The number of carbonyl (C=O) groups is 1. The molecule has 4 rings (SSSR count). The molecule has 0 radical (unpaired) electrons. The maximum atomic E-state index is 12.6. The van der Waals surface area contributed by atoms with Crippen LogP contribution in [-0.4, -0.2) is 10.9 Å². The second-order valence-corrected chi connectivity index (χ2v) is 6.96. The molecule has 2 aromatic heterocycles. The zero-order valence-corrected chi connectivity index (χ0v) is 13.8. The van der Waals surface area contributed by atoms with E-state index in [-0.39, 0.29) is 11.9 Å². The number of nitrogen functional groups attached to an aromatic ring is 1. The van der Waals surface area contributed by atoms with E-state index in [0.29, 0.717) is 10.7 Å². The van der Waals surface area contributed by atoms with Crippen LogP contribution in [0.3, 0.4) is 0 Å². The SMILES string of the molecule is Nc1cccc(-c2ccc(C(=O)NC3CCc4ccccc43)s2)n1. The van der Waals surface area contributed by atoms with E-state index in [1.54, 1.807) is 6.07 Å². The van der Waals surface area contributed by atoms with Crippen LogP contribution in [0.25, 0.3) is 10.6 Å². The number of fused-ring (bicyclic) bond motifs is 1. The molecule has 24 heavy (non-hydrogen) atoms. The third-order valence-electron chi connectivity index (χ3n) is 4.29. The molecule has 4 nitrogen and oxygen atoms in total. The summed E-state index contributed by atoms with van der Waals surface area (Å²) in [4.78, 5) is 18.5. The van der Waals surface area contributed by atoms with Gasteiger partial charge in [-0.15, -0.1) is 11.3 Å². The summed E-state index contributed by atoms with van der Waals surface area (Å²) in [6.07, 6.45) is 1.98. The van der Waals surface area contributed by atoms with Crippen LogP contribution in [-0.2, 0) is 6.42 Å². The molecule has 0 aliphatic heterocycles. The number of rotatable bonds is 3. The number of nitrogens with one attached hydrogen (secondary N) is 1. The minimum Gasteiger partial charge on any atom is -0.384 e. The number of nitrogens with two attached hydrogens (primary N) is 1. The second kappa shape index (κ2) is 6.09. The molecule has 3 aromatic rings. The van der Waals surface area contributed by atoms with Gasteiger partial charge in [0.2, 0.25) is 0 Å². The van der Waals surface area contributed by atoms with Crippen molar-refractivity contribution in [2.24, 2.45) is 0 Å². The Kier molecular flexibility index (Phi) is 3.78. The molecular formula is C19H17N3OS. The van der Waals surface area contributed by atoms with E-state index < -0.39 is 0 Å². The Hall–Kier alpha value is -2.66. The van der Waals surface area contributed by atoms with Crippen molar-refractivity contribution in [2.75, 3.05) is 5.73 Å². The van der Waals surface area contributed by atoms with Crippen molar-refractivity contribution in [2.45, 2.75) is 18.9 Å². The number of benzene rings is 1. The van der Waals surface area contributed by atoms with Gasteiger partial charge < -0.3 is 11.1 Å². The third kappa shape index (κ3) is 2.78. The summed E-state index contributed by atoms with van der Waals surface area (Å²) in [5, 5.41) is 3.15. The summed E-state index contributed by atoms with van der Waals surface area (Å²) in [6, 6.07) is 17.7. The molecule has 3 N–H and O–H groups in total. The fraction of sp³-hybridized carbons (Fsp3) is 0.158. The number of hydrogen-bond donors (Lipinski definition) is 2. The summed E-state index contributed by atoms with van der Waals surface area (Å²) < 4.78 is 0. The number of nitrogens with zero attached hydrogens (tertiary/aromatic N) is 1. The molecule has 0 fully saturated rings. The van der Waals surface area contributed by atoms with Crippen molar-refractivity contribution in [3.05, 3.63) is 70.6 Å². The first-order valence-electron chi connectivity index (χ1n) is 7.92. The van der Waals surface area contributed by atoms with Crippen molar-refractivity contribution in [1.29, 1.82) is 0 Å². The number of aryl methyl sites for hydroxylation is 1. The predicted octanol–water partition coefficient (Wildman–Crippen LogP) is 3.81. The van der Waals surface area contributed by atoms with Gasteiger partial charge in [0.15, 0.2) is 0 Å². The Morgan fingerprint density at radius 3 is 2.88 bits per heavy atom. The molecule has 5 heteroatoms. The highest BCUT2D eigenvalue weighted by Gasteiger charge is 2.24. The number of anilines is 1. The smallest absolute Gasteiger partial charge is 0.261 e. The zero-order chi connectivity index (χ0) is 16.5. The molecule has 1 aliphatic rings. The van der Waals surface area contributed by atoms with Gasteiger partial charge in [-0.05, 0) is 48.2 Å². The first kappa shape index (κ1) is 14.9. The van der Waals surface area contributed by atoms with Crippen molar-refractivity contribution < 1.29 is 4.79 Å². The Bertz CT molecular complexity index is 903. The molecule has 0 spiro atoms. The monoisotopic (exact) mass is 335 g/mol. The van der Waals surface area contributed by atoms with Gasteiger partial charge >= 0.3 is 0 Å². The quantitative estimate of drug-likeness (QED) is 0.765. The van der Waals surface area contributed by atoms with Crippen LogP contribution in [0.5, 0.6) is 0 Å². The average Bonchev–Trinajstić information content (AvgIpc) is 3.23. The van der Waals surface area contributed by atoms with E-state index >= 15 is 0 Å². The van der Waals surface area contributed by atoms with E-state index in [2.05, 4.69) is 22.4 Å². The highest BCUT2D eigenvalue weighted by molar-refractivity contribution is 7.17. The number of amides is 1. The Balaban J connectivity index is 1.52. The maximum absolute atomic E-state index is 12.6. The van der Waals surface area contributed by atoms with E-state index in [4.69, 9.17) is 5.73 Å². The molecular weight excluding hydrogens is 318 g/mol. The summed E-state index contributed by atoms with van der Waals surface area (Å²) >= 11 is 1.44. The number of carbonyl (C=O) groups excluding carboxylic acids is 1. The molecule has 1 amide bonds. The maximum Gasteiger partial charge on any atom is 0.261 e. The minimum atomic E-state index is -0.0307. The molecule has 1 aromatic carbocycles. The fourth-order valence-electron chi connectivity index (χ4n) is 3.12. The predicted molar refractivity (Wildman–Crippen MR) is 96.9 cm³/mol. The molecule has 2 heterocycles. The largest absolute Gasteiger partial charge is 0.384 e. The topological polar surface area (TPSA) is 68.0 Å². The Labute approximate surface area is 144 Å². The highest BCUT2D eigenvalue weighted by atomic mass is 32.1. The number of pyridine rings is 1. The lowest BCUT2D eigenvalue weighted by atomic mass is 10.1. The minimum absolute atomic E-state index is 0.0307. The van der Waals surface area contributed by atoms with Crippen LogP contribution in [0, 0.1) is 0 Å². The molecule has 1 aliphatic carbocycles. The molecule has 1 unspecified atom stereocenters. The van der Waals surface area contributed by atoms with Gasteiger partial charge in [-0.2, -0.15) is 0 Å². The van der Waals surface area contributed by atoms with Crippen LogP contribution in [0.1, 0.15) is 33.3 Å².